The first-order valence-corrected chi connectivity index (χ1v) is 5.42. The zero-order valence-electron chi connectivity index (χ0n) is 9.80. The van der Waals surface area contributed by atoms with Crippen molar-refractivity contribution in [1.82, 2.24) is 9.55 Å². The van der Waals surface area contributed by atoms with Gasteiger partial charge in [0.1, 0.15) is 18.0 Å². The quantitative estimate of drug-likeness (QED) is 0.433. The van der Waals surface area contributed by atoms with Crippen molar-refractivity contribution < 1.29 is 20.1 Å². The number of nitrogens with zero attached hydrogens (tertiary/aromatic N) is 2. The van der Waals surface area contributed by atoms with Crippen molar-refractivity contribution >= 4 is 5.82 Å². The molecule has 2 heterocycles. The van der Waals surface area contributed by atoms with Gasteiger partial charge in [0.2, 0.25) is 0 Å². The molecule has 0 saturated carbocycles. The Balaban J connectivity index is 2.43. The summed E-state index contributed by atoms with van der Waals surface area (Å²) in [6, 6.07) is 1.33. The first kappa shape index (κ1) is 13.5. The molecule has 0 spiro atoms. The van der Waals surface area contributed by atoms with Crippen LogP contribution in [0.15, 0.2) is 17.1 Å². The average molecular weight is 267 g/mol. The number of nitrogens with two attached hydrogens (primary N) is 1. The predicted molar refractivity (Wildman–Crippen MR) is 63.7 cm³/mol. The number of rotatable bonds is 2. The van der Waals surface area contributed by atoms with Crippen molar-refractivity contribution in [2.45, 2.75) is 24.0 Å². The van der Waals surface area contributed by atoms with Crippen molar-refractivity contribution in [3.63, 3.8) is 0 Å². The zero-order chi connectivity index (χ0) is 14.2. The van der Waals surface area contributed by atoms with E-state index in [0.29, 0.717) is 0 Å². The van der Waals surface area contributed by atoms with Crippen LogP contribution in [0.1, 0.15) is 6.23 Å². The highest BCUT2D eigenvalue weighted by atomic mass is 16.6. The summed E-state index contributed by atoms with van der Waals surface area (Å²) < 4.78 is 6.22. The molecule has 5 N–H and O–H groups in total. The summed E-state index contributed by atoms with van der Waals surface area (Å²) in [5, 5.41) is 29.0. The third-order valence-electron chi connectivity index (χ3n) is 3.03. The molecule has 8 nitrogen and oxygen atoms in total. The zero-order valence-corrected chi connectivity index (χ0v) is 9.80. The molecule has 8 heteroatoms. The highest BCUT2D eigenvalue weighted by molar-refractivity contribution is 5.24. The summed E-state index contributed by atoms with van der Waals surface area (Å²) in [7, 11) is 0. The largest absolute Gasteiger partial charge is 0.392 e. The Bertz CT molecular complexity index is 580. The van der Waals surface area contributed by atoms with E-state index >= 15 is 0 Å². The van der Waals surface area contributed by atoms with Crippen LogP contribution in [0.25, 0.3) is 0 Å². The lowest BCUT2D eigenvalue weighted by molar-refractivity contribution is -0.0935. The molecule has 1 fully saturated rings. The summed E-state index contributed by atoms with van der Waals surface area (Å²) >= 11 is 0. The van der Waals surface area contributed by atoms with Gasteiger partial charge in [-0.05, 0) is 6.07 Å². The van der Waals surface area contributed by atoms with Crippen LogP contribution in [0.3, 0.4) is 0 Å². The number of aromatic nitrogens is 2. The van der Waals surface area contributed by atoms with Crippen molar-refractivity contribution in [3.05, 3.63) is 22.7 Å². The molecule has 1 aromatic heterocycles. The van der Waals surface area contributed by atoms with Gasteiger partial charge in [0.25, 0.3) is 0 Å². The second kappa shape index (κ2) is 4.64. The molecule has 1 aromatic rings. The van der Waals surface area contributed by atoms with Gasteiger partial charge in [-0.15, -0.1) is 6.42 Å². The Morgan fingerprint density at radius 1 is 1.63 bits per heavy atom. The minimum Gasteiger partial charge on any atom is -0.392 e. The minimum absolute atomic E-state index is 0.0136. The third kappa shape index (κ3) is 1.98. The second-order valence-corrected chi connectivity index (χ2v) is 4.18. The SMILES string of the molecule is C#C[C@]1(CO)OC(n2ccc(N)nc2=O)C(O)C1O. The lowest BCUT2D eigenvalue weighted by atomic mass is 9.97. The van der Waals surface area contributed by atoms with Crippen LogP contribution in [0, 0.1) is 12.3 Å². The van der Waals surface area contributed by atoms with E-state index in [1.807, 2.05) is 0 Å². The van der Waals surface area contributed by atoms with Gasteiger partial charge in [0, 0.05) is 6.20 Å². The molecule has 0 radical (unpaired) electrons. The Morgan fingerprint density at radius 2 is 2.32 bits per heavy atom. The van der Waals surface area contributed by atoms with Crippen molar-refractivity contribution in [1.29, 1.82) is 0 Å². The molecule has 1 aliphatic rings. The maximum absolute atomic E-state index is 11.7. The number of anilines is 1. The van der Waals surface area contributed by atoms with E-state index in [-0.39, 0.29) is 5.82 Å². The average Bonchev–Trinajstić information content (AvgIpc) is 2.64. The first-order valence-electron chi connectivity index (χ1n) is 5.42. The molecule has 102 valence electrons. The Hall–Kier alpha value is -1.92. The lowest BCUT2D eigenvalue weighted by Gasteiger charge is -2.23. The summed E-state index contributed by atoms with van der Waals surface area (Å²) in [6.07, 6.45) is 2.20. The lowest BCUT2D eigenvalue weighted by Crippen LogP contribution is -2.45. The van der Waals surface area contributed by atoms with Crippen LogP contribution < -0.4 is 11.4 Å². The third-order valence-corrected chi connectivity index (χ3v) is 3.03. The van der Waals surface area contributed by atoms with Crippen molar-refractivity contribution in [2.75, 3.05) is 12.3 Å². The smallest absolute Gasteiger partial charge is 0.351 e. The number of terminal acetylenes is 1. The molecular weight excluding hydrogens is 254 g/mol. The molecule has 1 saturated heterocycles. The van der Waals surface area contributed by atoms with E-state index in [2.05, 4.69) is 10.9 Å². The highest BCUT2D eigenvalue weighted by Gasteiger charge is 2.54. The summed E-state index contributed by atoms with van der Waals surface area (Å²) in [5.41, 5.74) is 2.82. The Kier molecular flexibility index (Phi) is 3.30. The van der Waals surface area contributed by atoms with Crippen LogP contribution in [-0.2, 0) is 4.74 Å². The summed E-state index contributed by atoms with van der Waals surface area (Å²) in [5.74, 6) is 2.11. The number of aliphatic hydroxyl groups is 3. The molecule has 2 rings (SSSR count). The monoisotopic (exact) mass is 267 g/mol. The number of hydrogen-bond acceptors (Lipinski definition) is 7. The fourth-order valence-corrected chi connectivity index (χ4v) is 1.92. The molecule has 4 atom stereocenters. The standard InChI is InChI=1S/C11H13N3O5/c1-2-11(5-15)8(17)7(16)9(19-11)14-4-3-6(12)13-10(14)18/h1,3-4,7-9,15-17H,5H2,(H2,12,13,18)/t7?,8?,9?,11-/m1/s1. The van der Waals surface area contributed by atoms with Gasteiger partial charge in [0.05, 0.1) is 6.61 Å². The normalized spacial score (nSPS) is 34.1. The van der Waals surface area contributed by atoms with Crippen LogP contribution in [0.4, 0.5) is 5.82 Å². The molecule has 0 bridgehead atoms. The minimum atomic E-state index is -1.76. The predicted octanol–water partition coefficient (Wildman–Crippen LogP) is -2.56. The highest BCUT2D eigenvalue weighted by Crippen LogP contribution is 2.35. The fraction of sp³-hybridized carbons (Fsp3) is 0.455. The second-order valence-electron chi connectivity index (χ2n) is 4.18. The van der Waals surface area contributed by atoms with Crippen LogP contribution in [0.2, 0.25) is 0 Å². The molecule has 0 aliphatic carbocycles. The molecule has 3 unspecified atom stereocenters. The first-order chi connectivity index (χ1) is 8.95. The summed E-state index contributed by atoms with van der Waals surface area (Å²) in [4.78, 5) is 15.1. The van der Waals surface area contributed by atoms with Crippen LogP contribution >= 0.6 is 0 Å². The number of nitrogen functional groups attached to an aromatic ring is 1. The van der Waals surface area contributed by atoms with Gasteiger partial charge in [-0.2, -0.15) is 4.98 Å². The summed E-state index contributed by atoms with van der Waals surface area (Å²) in [6.45, 7) is -0.699. The topological polar surface area (TPSA) is 131 Å². The van der Waals surface area contributed by atoms with Crippen molar-refractivity contribution in [2.24, 2.45) is 0 Å². The van der Waals surface area contributed by atoms with Gasteiger partial charge >= 0.3 is 5.69 Å². The van der Waals surface area contributed by atoms with E-state index in [1.54, 1.807) is 0 Å². The van der Waals surface area contributed by atoms with E-state index < -0.39 is 36.3 Å². The van der Waals surface area contributed by atoms with E-state index in [9.17, 15) is 20.1 Å². The Labute approximate surface area is 108 Å². The Morgan fingerprint density at radius 3 is 2.79 bits per heavy atom. The van der Waals surface area contributed by atoms with Crippen molar-refractivity contribution in [3.8, 4) is 12.3 Å². The van der Waals surface area contributed by atoms with E-state index in [4.69, 9.17) is 16.9 Å². The van der Waals surface area contributed by atoms with Gasteiger partial charge < -0.3 is 25.8 Å². The number of ether oxygens (including phenoxy) is 1. The van der Waals surface area contributed by atoms with Gasteiger partial charge in [-0.1, -0.05) is 5.92 Å². The van der Waals surface area contributed by atoms with Gasteiger partial charge in [-0.25, -0.2) is 4.79 Å². The molecule has 1 aliphatic heterocycles. The van der Waals surface area contributed by atoms with E-state index in [0.717, 1.165) is 4.57 Å². The van der Waals surface area contributed by atoms with Gasteiger partial charge in [-0.3, -0.25) is 4.57 Å². The van der Waals surface area contributed by atoms with Crippen LogP contribution in [0.5, 0.6) is 0 Å². The maximum atomic E-state index is 11.7. The van der Waals surface area contributed by atoms with E-state index in [1.165, 1.54) is 12.3 Å². The fourth-order valence-electron chi connectivity index (χ4n) is 1.92. The number of hydrogen-bond donors (Lipinski definition) is 4. The molecule has 0 aromatic carbocycles. The number of aliphatic hydroxyl groups excluding tert-OH is 3. The maximum Gasteiger partial charge on any atom is 0.351 e. The molecule has 19 heavy (non-hydrogen) atoms. The molecule has 0 amide bonds. The van der Waals surface area contributed by atoms with Crippen LogP contribution in [-0.4, -0.2) is 49.3 Å². The van der Waals surface area contributed by atoms with Gasteiger partial charge in [0.15, 0.2) is 11.8 Å². The molecular formula is C11H13N3O5.